The average Bonchev–Trinajstić information content (AvgIpc) is 2.95. The second-order valence-electron chi connectivity index (χ2n) is 7.89. The Balaban J connectivity index is 3.64. The quantitative estimate of drug-likeness (QED) is 0.282. The van der Waals surface area contributed by atoms with Crippen LogP contribution in [0.15, 0.2) is 0 Å². The lowest BCUT2D eigenvalue weighted by Gasteiger charge is -2.45. The lowest BCUT2D eigenvalue weighted by atomic mass is 9.83. The highest BCUT2D eigenvalue weighted by molar-refractivity contribution is 5.19. The number of hydrogen-bond acceptors (Lipinski definition) is 2. The fraction of sp³-hybridized carbons (Fsp3) is 1.00. The Morgan fingerprint density at radius 1 is 0.556 bits per heavy atom. The molecule has 1 fully saturated rings. The SMILES string of the molecule is CC1(C)OCC(CC(F)(F)C(F)(F)C(F)(F)C(F)(F)C(F)(F)C(F)(F)C(F)(C(F)(F)F)C(F)(F)F)O1. The molecule has 0 aromatic heterocycles. The van der Waals surface area contributed by atoms with E-state index in [2.05, 4.69) is 9.47 Å². The normalized spacial score (nSPS) is 21.8. The highest BCUT2D eigenvalue weighted by atomic mass is 19.4. The molecule has 0 aromatic rings. The van der Waals surface area contributed by atoms with E-state index in [4.69, 9.17) is 0 Å². The Kier molecular flexibility index (Phi) is 7.51. The van der Waals surface area contributed by atoms with E-state index in [0.717, 1.165) is 13.8 Å². The minimum atomic E-state index is -9.02. The van der Waals surface area contributed by atoms with Crippen LogP contribution in [0.25, 0.3) is 0 Å². The molecular formula is C15H11F19O2. The van der Waals surface area contributed by atoms with Crippen molar-refractivity contribution < 1.29 is 92.9 Å². The highest BCUT2D eigenvalue weighted by Gasteiger charge is 2.98. The van der Waals surface area contributed by atoms with Crippen LogP contribution in [0.1, 0.15) is 20.3 Å². The topological polar surface area (TPSA) is 18.5 Å². The largest absolute Gasteiger partial charge is 0.438 e. The molecule has 0 N–H and O–H groups in total. The van der Waals surface area contributed by atoms with Crippen LogP contribution in [0.4, 0.5) is 83.4 Å². The van der Waals surface area contributed by atoms with Crippen molar-refractivity contribution in [1.29, 1.82) is 0 Å². The molecule has 1 atom stereocenters. The third-order valence-corrected chi connectivity index (χ3v) is 4.80. The van der Waals surface area contributed by atoms with Crippen molar-refractivity contribution in [3.05, 3.63) is 0 Å². The van der Waals surface area contributed by atoms with Gasteiger partial charge in [0.05, 0.1) is 12.7 Å². The number of ether oxygens (including phenoxy) is 2. The molecule has 36 heavy (non-hydrogen) atoms. The van der Waals surface area contributed by atoms with Gasteiger partial charge in [-0.25, -0.2) is 4.39 Å². The zero-order valence-corrected chi connectivity index (χ0v) is 17.0. The summed E-state index contributed by atoms with van der Waals surface area (Å²) >= 11 is 0. The molecule has 0 spiro atoms. The van der Waals surface area contributed by atoms with Gasteiger partial charge in [0, 0.05) is 6.42 Å². The monoisotopic (exact) mass is 584 g/mol. The molecule has 2 nitrogen and oxygen atoms in total. The lowest BCUT2D eigenvalue weighted by Crippen LogP contribution is -2.77. The summed E-state index contributed by atoms with van der Waals surface area (Å²) in [5, 5.41) is 0. The van der Waals surface area contributed by atoms with Crippen molar-refractivity contribution in [2.75, 3.05) is 6.61 Å². The predicted octanol–water partition coefficient (Wildman–Crippen LogP) is 7.17. The van der Waals surface area contributed by atoms with Crippen molar-refractivity contribution in [3.8, 4) is 0 Å². The Morgan fingerprint density at radius 3 is 1.19 bits per heavy atom. The van der Waals surface area contributed by atoms with Gasteiger partial charge >= 0.3 is 53.6 Å². The third kappa shape index (κ3) is 4.34. The minimum absolute atomic E-state index is 0.930. The number of alkyl halides is 19. The minimum Gasteiger partial charge on any atom is -0.348 e. The lowest BCUT2D eigenvalue weighted by molar-refractivity contribution is -0.472. The molecule has 0 bridgehead atoms. The summed E-state index contributed by atoms with van der Waals surface area (Å²) in [5.74, 6) is -51.8. The van der Waals surface area contributed by atoms with E-state index in [0.29, 0.717) is 0 Å². The van der Waals surface area contributed by atoms with Crippen LogP contribution in [-0.4, -0.2) is 72.1 Å². The van der Waals surface area contributed by atoms with Gasteiger partial charge in [-0.2, -0.15) is 79.0 Å². The van der Waals surface area contributed by atoms with Gasteiger partial charge in [-0.1, -0.05) is 0 Å². The Bertz CT molecular complexity index is 795. The molecule has 0 aromatic carbocycles. The fourth-order valence-corrected chi connectivity index (χ4v) is 2.83. The standard InChI is InChI=1S/C15H11F19O2/c1-6(2)35-4-5(36-6)3-7(16,17)9(19,20)11(23,24)13(27,28)12(25,26)10(21,22)8(18,14(29,30)31)15(32,33)34/h5H,3-4H2,1-2H3. The second-order valence-corrected chi connectivity index (χ2v) is 7.89. The van der Waals surface area contributed by atoms with Gasteiger partial charge in [-0.15, -0.1) is 0 Å². The van der Waals surface area contributed by atoms with Crippen molar-refractivity contribution in [2.45, 2.75) is 85.7 Å². The molecule has 21 heteroatoms. The first-order chi connectivity index (χ1) is 15.3. The molecule has 0 amide bonds. The number of halogens is 19. The summed E-state index contributed by atoms with van der Waals surface area (Å²) in [6.45, 7) is 0.731. The van der Waals surface area contributed by atoms with Crippen LogP contribution in [-0.2, 0) is 9.47 Å². The first-order valence-corrected chi connectivity index (χ1v) is 8.69. The van der Waals surface area contributed by atoms with Crippen LogP contribution >= 0.6 is 0 Å². The highest BCUT2D eigenvalue weighted by Crippen LogP contribution is 2.66. The molecule has 1 saturated heterocycles. The zero-order valence-electron chi connectivity index (χ0n) is 17.0. The summed E-state index contributed by atoms with van der Waals surface area (Å²) in [4.78, 5) is 0. The molecule has 1 unspecified atom stereocenters. The maximum Gasteiger partial charge on any atom is 0.438 e. The molecular weight excluding hydrogens is 573 g/mol. The van der Waals surface area contributed by atoms with E-state index in [-0.39, 0.29) is 0 Å². The maximum atomic E-state index is 13.9. The molecule has 216 valence electrons. The van der Waals surface area contributed by atoms with E-state index in [1.807, 2.05) is 0 Å². The fourth-order valence-electron chi connectivity index (χ4n) is 2.83. The number of hydrogen-bond donors (Lipinski definition) is 0. The zero-order chi connectivity index (χ0) is 29.4. The van der Waals surface area contributed by atoms with E-state index in [1.165, 1.54) is 0 Å². The summed E-state index contributed by atoms with van der Waals surface area (Å²) in [7, 11) is 0. The van der Waals surface area contributed by atoms with Crippen LogP contribution in [0.3, 0.4) is 0 Å². The van der Waals surface area contributed by atoms with E-state index in [9.17, 15) is 83.4 Å². The van der Waals surface area contributed by atoms with Gasteiger partial charge in [0.1, 0.15) is 0 Å². The van der Waals surface area contributed by atoms with Gasteiger partial charge in [0.25, 0.3) is 0 Å². The van der Waals surface area contributed by atoms with Crippen molar-refractivity contribution in [2.24, 2.45) is 0 Å². The Labute approximate surface area is 186 Å². The summed E-state index contributed by atoms with van der Waals surface area (Å²) < 4.78 is 261. The van der Waals surface area contributed by atoms with E-state index >= 15 is 0 Å². The molecule has 1 aliphatic heterocycles. The maximum absolute atomic E-state index is 13.9. The molecule has 0 saturated carbocycles. The first-order valence-electron chi connectivity index (χ1n) is 8.69. The molecule has 1 rings (SSSR count). The van der Waals surface area contributed by atoms with E-state index < -0.39 is 78.5 Å². The van der Waals surface area contributed by atoms with Gasteiger partial charge in [0.15, 0.2) is 5.79 Å². The van der Waals surface area contributed by atoms with Gasteiger partial charge in [-0.3, -0.25) is 0 Å². The van der Waals surface area contributed by atoms with E-state index in [1.54, 1.807) is 0 Å². The summed E-state index contributed by atoms with van der Waals surface area (Å²) in [5.41, 5.74) is -8.74. The van der Waals surface area contributed by atoms with Crippen molar-refractivity contribution >= 4 is 0 Å². The molecule has 0 aliphatic carbocycles. The van der Waals surface area contributed by atoms with Crippen LogP contribution in [0.2, 0.25) is 0 Å². The van der Waals surface area contributed by atoms with Crippen molar-refractivity contribution in [3.63, 3.8) is 0 Å². The smallest absolute Gasteiger partial charge is 0.348 e. The summed E-state index contributed by atoms with van der Waals surface area (Å²) in [6, 6.07) is 0. The van der Waals surface area contributed by atoms with Gasteiger partial charge in [0.2, 0.25) is 0 Å². The Hall–Kier alpha value is -1.41. The first kappa shape index (κ1) is 32.6. The summed E-state index contributed by atoms with van der Waals surface area (Å²) in [6.07, 6.45) is -21.7. The van der Waals surface area contributed by atoms with Gasteiger partial charge < -0.3 is 9.47 Å². The molecule has 0 radical (unpaired) electrons. The second kappa shape index (κ2) is 8.29. The van der Waals surface area contributed by atoms with Crippen LogP contribution in [0, 0.1) is 0 Å². The Morgan fingerprint density at radius 2 is 0.889 bits per heavy atom. The average molecular weight is 584 g/mol. The van der Waals surface area contributed by atoms with Gasteiger partial charge in [-0.05, 0) is 13.8 Å². The van der Waals surface area contributed by atoms with Crippen LogP contribution in [0.5, 0.6) is 0 Å². The third-order valence-electron chi connectivity index (χ3n) is 4.80. The van der Waals surface area contributed by atoms with Crippen LogP contribution < -0.4 is 0 Å². The molecule has 1 heterocycles. The predicted molar refractivity (Wildman–Crippen MR) is 75.2 cm³/mol. The van der Waals surface area contributed by atoms with Crippen molar-refractivity contribution in [1.82, 2.24) is 0 Å². The number of rotatable bonds is 8. The molecule has 1 aliphatic rings.